The van der Waals surface area contributed by atoms with E-state index in [-0.39, 0.29) is 6.10 Å². The van der Waals surface area contributed by atoms with Crippen LogP contribution in [-0.4, -0.2) is 49.6 Å². The number of anilines is 1. The molecule has 1 saturated heterocycles. The van der Waals surface area contributed by atoms with E-state index in [2.05, 4.69) is 21.9 Å². The van der Waals surface area contributed by atoms with Gasteiger partial charge in [-0.3, -0.25) is 0 Å². The lowest BCUT2D eigenvalue weighted by atomic mass is 10.1. The van der Waals surface area contributed by atoms with Crippen molar-refractivity contribution in [3.63, 3.8) is 0 Å². The summed E-state index contributed by atoms with van der Waals surface area (Å²) in [5, 5.41) is 0. The van der Waals surface area contributed by atoms with Gasteiger partial charge in [0.05, 0.1) is 19.0 Å². The van der Waals surface area contributed by atoms with Crippen LogP contribution in [0.15, 0.2) is 43.0 Å². The number of nitrogen functional groups attached to an aromatic ring is 1. The van der Waals surface area contributed by atoms with Crippen molar-refractivity contribution in [2.75, 3.05) is 29.7 Å². The molecule has 0 bridgehead atoms. The van der Waals surface area contributed by atoms with E-state index in [0.717, 1.165) is 17.6 Å². The molecule has 30 heavy (non-hydrogen) atoms. The minimum Gasteiger partial charge on any atom is -0.472 e. The number of aromatic nitrogens is 4. The molecule has 4 rings (SSSR count). The Hall–Kier alpha value is -1.54. The Morgan fingerprint density at radius 3 is 2.90 bits per heavy atom. The lowest BCUT2D eigenvalue weighted by molar-refractivity contribution is 0.0865. The monoisotopic (exact) mass is 463 g/mol. The summed E-state index contributed by atoms with van der Waals surface area (Å²) in [4.78, 5) is 12.6. The second-order valence-corrected chi connectivity index (χ2v) is 11.7. The van der Waals surface area contributed by atoms with Gasteiger partial charge in [-0.1, -0.05) is 39.8 Å². The van der Waals surface area contributed by atoms with Crippen molar-refractivity contribution in [1.82, 2.24) is 19.5 Å². The van der Waals surface area contributed by atoms with E-state index < -0.39 is 8.15 Å². The summed E-state index contributed by atoms with van der Waals surface area (Å²) in [6.07, 6.45) is 6.15. The van der Waals surface area contributed by atoms with Crippen LogP contribution in [0.2, 0.25) is 0 Å². The molecule has 0 radical (unpaired) electrons. The summed E-state index contributed by atoms with van der Waals surface area (Å²) in [7, 11) is 3.24. The molecule has 160 valence electrons. The minimum absolute atomic E-state index is 0.000695. The van der Waals surface area contributed by atoms with Gasteiger partial charge < -0.3 is 19.6 Å². The number of nitrogens with two attached hydrogens (primary N) is 1. The van der Waals surface area contributed by atoms with Gasteiger partial charge in [-0.05, 0) is 31.4 Å². The SMILES string of the molecule is CC(Cn1cnc2c(N)ncnc21)OCP(CC1CCSSC1)Oc1ccccc1. The molecule has 7 nitrogen and oxygen atoms in total. The van der Waals surface area contributed by atoms with Crippen molar-refractivity contribution >= 4 is 46.7 Å². The van der Waals surface area contributed by atoms with Crippen molar-refractivity contribution in [3.05, 3.63) is 43.0 Å². The molecule has 1 aliphatic heterocycles. The number of hydrogen-bond donors (Lipinski definition) is 1. The van der Waals surface area contributed by atoms with E-state index in [1.54, 1.807) is 6.33 Å². The van der Waals surface area contributed by atoms with Crippen molar-refractivity contribution in [1.29, 1.82) is 0 Å². The first-order valence-corrected chi connectivity index (χ1v) is 14.1. The molecule has 2 aromatic heterocycles. The molecule has 1 aliphatic rings. The Kier molecular flexibility index (Phi) is 7.71. The molecule has 1 aromatic carbocycles. The van der Waals surface area contributed by atoms with Gasteiger partial charge in [0.25, 0.3) is 0 Å². The van der Waals surface area contributed by atoms with Crippen molar-refractivity contribution < 1.29 is 9.26 Å². The van der Waals surface area contributed by atoms with Gasteiger partial charge in [0, 0.05) is 17.7 Å². The number of ether oxygens (including phenoxy) is 1. The average molecular weight is 464 g/mol. The van der Waals surface area contributed by atoms with Gasteiger partial charge in [-0.15, -0.1) is 0 Å². The predicted octanol–water partition coefficient (Wildman–Crippen LogP) is 4.65. The molecule has 2 N–H and O–H groups in total. The van der Waals surface area contributed by atoms with E-state index in [0.29, 0.717) is 30.1 Å². The summed E-state index contributed by atoms with van der Waals surface area (Å²) >= 11 is 0. The third-order valence-electron chi connectivity index (χ3n) is 4.82. The maximum absolute atomic E-state index is 6.36. The zero-order chi connectivity index (χ0) is 20.8. The van der Waals surface area contributed by atoms with Gasteiger partial charge in [0.15, 0.2) is 11.5 Å². The Labute approximate surface area is 185 Å². The molecule has 3 aromatic rings. The van der Waals surface area contributed by atoms with Crippen LogP contribution in [0.4, 0.5) is 5.82 Å². The molecule has 0 aliphatic carbocycles. The van der Waals surface area contributed by atoms with Crippen molar-refractivity contribution in [2.45, 2.75) is 26.0 Å². The lowest BCUT2D eigenvalue weighted by Gasteiger charge is -2.27. The minimum atomic E-state index is -0.711. The summed E-state index contributed by atoms with van der Waals surface area (Å²) < 4.78 is 14.6. The Balaban J connectivity index is 1.37. The molecule has 3 atom stereocenters. The maximum atomic E-state index is 6.36. The highest BCUT2D eigenvalue weighted by Gasteiger charge is 2.23. The van der Waals surface area contributed by atoms with Gasteiger partial charge in [-0.25, -0.2) is 15.0 Å². The van der Waals surface area contributed by atoms with Crippen LogP contribution in [-0.2, 0) is 11.3 Å². The third-order valence-corrected chi connectivity index (χ3v) is 9.24. The van der Waals surface area contributed by atoms with E-state index in [1.165, 1.54) is 24.3 Å². The smallest absolute Gasteiger partial charge is 0.165 e. The molecule has 3 unspecified atom stereocenters. The summed E-state index contributed by atoms with van der Waals surface area (Å²) in [5.41, 5.74) is 7.25. The molecule has 0 amide bonds. The van der Waals surface area contributed by atoms with Crippen molar-refractivity contribution in [3.8, 4) is 5.75 Å². The maximum Gasteiger partial charge on any atom is 0.165 e. The molecular formula is C20H26N5O2PS2. The molecule has 1 fully saturated rings. The van der Waals surface area contributed by atoms with Gasteiger partial charge >= 0.3 is 0 Å². The predicted molar refractivity (Wildman–Crippen MR) is 127 cm³/mol. The van der Waals surface area contributed by atoms with E-state index in [4.69, 9.17) is 15.0 Å². The van der Waals surface area contributed by atoms with Crippen LogP contribution in [0.5, 0.6) is 5.75 Å². The second-order valence-electron chi connectivity index (χ2n) is 7.26. The standard InChI is InChI=1S/C20H26N5O2PS2/c1-15(9-25-13-24-18-19(21)22-12-23-20(18)25)26-14-28(10-16-7-8-29-30-11-16)27-17-5-3-2-4-6-17/h2-6,12-13,15-16H,7-11,14H2,1H3,(H2,21,22,23). The number of rotatable bonds is 9. The summed E-state index contributed by atoms with van der Waals surface area (Å²) in [6, 6.07) is 10.1. The van der Waals surface area contributed by atoms with Crippen LogP contribution in [0.1, 0.15) is 13.3 Å². The van der Waals surface area contributed by atoms with Crippen LogP contribution in [0.25, 0.3) is 11.2 Å². The zero-order valence-electron chi connectivity index (χ0n) is 16.9. The molecule has 3 heterocycles. The average Bonchev–Trinajstić information content (AvgIpc) is 3.18. The van der Waals surface area contributed by atoms with E-state index in [1.807, 2.05) is 56.5 Å². The number of fused-ring (bicyclic) bond motifs is 1. The first-order valence-electron chi connectivity index (χ1n) is 9.94. The highest BCUT2D eigenvalue weighted by molar-refractivity contribution is 8.76. The second kappa shape index (κ2) is 10.7. The highest BCUT2D eigenvalue weighted by atomic mass is 33.1. The third kappa shape index (κ3) is 5.78. The molecular weight excluding hydrogens is 437 g/mol. The van der Waals surface area contributed by atoms with Crippen LogP contribution in [0.3, 0.4) is 0 Å². The number of benzene rings is 1. The highest BCUT2D eigenvalue weighted by Crippen LogP contribution is 2.44. The lowest BCUT2D eigenvalue weighted by Crippen LogP contribution is -2.20. The van der Waals surface area contributed by atoms with Crippen LogP contribution in [0, 0.1) is 5.92 Å². The fourth-order valence-electron chi connectivity index (χ4n) is 3.25. The van der Waals surface area contributed by atoms with E-state index in [9.17, 15) is 0 Å². The Morgan fingerprint density at radius 1 is 1.23 bits per heavy atom. The Morgan fingerprint density at radius 2 is 2.10 bits per heavy atom. The number of imidazole rings is 1. The molecule has 10 heteroatoms. The summed E-state index contributed by atoms with van der Waals surface area (Å²) in [5.74, 6) is 4.43. The quantitative estimate of drug-likeness (QED) is 0.362. The molecule has 0 saturated carbocycles. The van der Waals surface area contributed by atoms with Gasteiger partial charge in [0.2, 0.25) is 0 Å². The summed E-state index contributed by atoms with van der Waals surface area (Å²) in [6.45, 7) is 2.72. The number of nitrogens with zero attached hydrogens (tertiary/aromatic N) is 4. The Bertz CT molecular complexity index is 939. The number of para-hydroxylation sites is 1. The van der Waals surface area contributed by atoms with Crippen LogP contribution >= 0.6 is 29.7 Å². The largest absolute Gasteiger partial charge is 0.472 e. The van der Waals surface area contributed by atoms with Crippen molar-refractivity contribution in [2.24, 2.45) is 5.92 Å². The fourth-order valence-corrected chi connectivity index (χ4v) is 8.02. The molecule has 0 spiro atoms. The fraction of sp³-hybridized carbons (Fsp3) is 0.450. The van der Waals surface area contributed by atoms with Gasteiger partial charge in [0.1, 0.15) is 32.1 Å². The number of hydrogen-bond acceptors (Lipinski definition) is 8. The van der Waals surface area contributed by atoms with E-state index >= 15 is 0 Å². The zero-order valence-corrected chi connectivity index (χ0v) is 19.4. The van der Waals surface area contributed by atoms with Crippen LogP contribution < -0.4 is 10.3 Å². The first-order chi connectivity index (χ1) is 14.7. The normalized spacial score (nSPS) is 18.9. The first kappa shape index (κ1) is 21.7. The topological polar surface area (TPSA) is 88.1 Å². The van der Waals surface area contributed by atoms with Gasteiger partial charge in [-0.2, -0.15) is 0 Å².